The van der Waals surface area contributed by atoms with Crippen LogP contribution in [0.15, 0.2) is 0 Å². The van der Waals surface area contributed by atoms with E-state index in [0.29, 0.717) is 11.5 Å². The molecule has 2 N–H and O–H groups in total. The minimum Gasteiger partial charge on any atom is -0.392 e. The predicted octanol–water partition coefficient (Wildman–Crippen LogP) is -0.404. The summed E-state index contributed by atoms with van der Waals surface area (Å²) in [6, 6.07) is 0. The van der Waals surface area contributed by atoms with Gasteiger partial charge < -0.3 is 15.4 Å². The van der Waals surface area contributed by atoms with Crippen LogP contribution < -0.4 is 5.73 Å². The molecule has 2 saturated heterocycles. The molecule has 0 saturated carbocycles. The summed E-state index contributed by atoms with van der Waals surface area (Å²) in [6.07, 6.45) is 1.67. The Morgan fingerprint density at radius 2 is 2.06 bits per heavy atom. The fraction of sp³-hybridized carbons (Fsp3) is 0.818. The van der Waals surface area contributed by atoms with Crippen LogP contribution in [0.2, 0.25) is 0 Å². The molecular weight excluding hydrogens is 238 g/mol. The van der Waals surface area contributed by atoms with Gasteiger partial charge in [-0.25, -0.2) is 0 Å². The van der Waals surface area contributed by atoms with E-state index in [4.69, 9.17) is 22.7 Å². The van der Waals surface area contributed by atoms with E-state index in [0.717, 1.165) is 45.6 Å². The number of nitrogens with two attached hydrogens (primary N) is 1. The fourth-order valence-electron chi connectivity index (χ4n) is 2.32. The molecule has 2 aliphatic rings. The van der Waals surface area contributed by atoms with E-state index in [-0.39, 0.29) is 12.0 Å². The Hall–Kier alpha value is -0.720. The second-order valence-electron chi connectivity index (χ2n) is 4.57. The van der Waals surface area contributed by atoms with Crippen LogP contribution in [0.1, 0.15) is 12.8 Å². The molecule has 1 amide bonds. The highest BCUT2D eigenvalue weighted by Gasteiger charge is 2.30. The number of carbonyl (C=O) groups is 1. The number of hydrogen-bond acceptors (Lipinski definition) is 4. The van der Waals surface area contributed by atoms with E-state index in [2.05, 4.69) is 4.90 Å². The second kappa shape index (κ2) is 5.75. The van der Waals surface area contributed by atoms with Crippen LogP contribution in [0.3, 0.4) is 0 Å². The van der Waals surface area contributed by atoms with Crippen molar-refractivity contribution in [1.82, 2.24) is 9.80 Å². The van der Waals surface area contributed by atoms with Gasteiger partial charge in [-0.05, 0) is 12.8 Å². The first kappa shape index (κ1) is 12.7. The molecule has 6 heteroatoms. The van der Waals surface area contributed by atoms with Gasteiger partial charge in [-0.2, -0.15) is 0 Å². The van der Waals surface area contributed by atoms with Crippen molar-refractivity contribution in [3.05, 3.63) is 0 Å². The van der Waals surface area contributed by atoms with Crippen molar-refractivity contribution in [2.24, 2.45) is 5.73 Å². The molecule has 96 valence electrons. The molecule has 1 unspecified atom stereocenters. The SMILES string of the molecule is NC(=S)CN1CCN(C(=O)C2CCCO2)CC1. The number of piperazine rings is 1. The van der Waals surface area contributed by atoms with Gasteiger partial charge in [0.1, 0.15) is 6.10 Å². The monoisotopic (exact) mass is 257 g/mol. The van der Waals surface area contributed by atoms with Gasteiger partial charge in [-0.15, -0.1) is 0 Å². The van der Waals surface area contributed by atoms with Crippen molar-refractivity contribution in [2.75, 3.05) is 39.3 Å². The largest absolute Gasteiger partial charge is 0.392 e. The lowest BCUT2D eigenvalue weighted by Crippen LogP contribution is -2.52. The Labute approximate surface area is 107 Å². The Balaban J connectivity index is 1.78. The van der Waals surface area contributed by atoms with E-state index in [1.54, 1.807) is 0 Å². The Morgan fingerprint density at radius 1 is 1.35 bits per heavy atom. The summed E-state index contributed by atoms with van der Waals surface area (Å²) in [7, 11) is 0. The van der Waals surface area contributed by atoms with Gasteiger partial charge in [0.2, 0.25) is 0 Å². The molecule has 2 heterocycles. The zero-order valence-corrected chi connectivity index (χ0v) is 10.7. The Bertz CT molecular complexity index is 297. The van der Waals surface area contributed by atoms with Crippen molar-refractivity contribution < 1.29 is 9.53 Å². The third-order valence-corrected chi connectivity index (χ3v) is 3.40. The van der Waals surface area contributed by atoms with Crippen molar-refractivity contribution in [2.45, 2.75) is 18.9 Å². The van der Waals surface area contributed by atoms with Crippen LogP contribution in [0.25, 0.3) is 0 Å². The quantitative estimate of drug-likeness (QED) is 0.697. The van der Waals surface area contributed by atoms with Crippen LogP contribution in [-0.4, -0.2) is 66.1 Å². The van der Waals surface area contributed by atoms with Gasteiger partial charge in [-0.1, -0.05) is 12.2 Å². The highest BCUT2D eigenvalue weighted by atomic mass is 32.1. The van der Waals surface area contributed by atoms with E-state index in [1.165, 1.54) is 0 Å². The summed E-state index contributed by atoms with van der Waals surface area (Å²) in [5.74, 6) is 0.150. The van der Waals surface area contributed by atoms with Gasteiger partial charge in [-0.3, -0.25) is 9.69 Å². The molecule has 2 fully saturated rings. The second-order valence-corrected chi connectivity index (χ2v) is 5.09. The topological polar surface area (TPSA) is 58.8 Å². The van der Waals surface area contributed by atoms with Crippen molar-refractivity contribution in [3.8, 4) is 0 Å². The lowest BCUT2D eigenvalue weighted by Gasteiger charge is -2.35. The molecule has 0 aromatic heterocycles. The minimum absolute atomic E-state index is 0.150. The molecule has 0 aromatic carbocycles. The molecule has 0 radical (unpaired) electrons. The van der Waals surface area contributed by atoms with E-state index < -0.39 is 0 Å². The standard InChI is InChI=1S/C11H19N3O2S/c12-10(17)8-13-3-5-14(6-4-13)11(15)9-2-1-7-16-9/h9H,1-8H2,(H2,12,17). The number of rotatable bonds is 3. The highest BCUT2D eigenvalue weighted by Crippen LogP contribution is 2.15. The van der Waals surface area contributed by atoms with Gasteiger partial charge in [0.25, 0.3) is 5.91 Å². The van der Waals surface area contributed by atoms with Crippen molar-refractivity contribution in [1.29, 1.82) is 0 Å². The first-order valence-corrected chi connectivity index (χ1v) is 6.48. The van der Waals surface area contributed by atoms with Crippen LogP contribution in [0, 0.1) is 0 Å². The fourth-order valence-corrected chi connectivity index (χ4v) is 2.51. The summed E-state index contributed by atoms with van der Waals surface area (Å²) in [4.78, 5) is 16.7. The third-order valence-electron chi connectivity index (χ3n) is 3.27. The first-order valence-electron chi connectivity index (χ1n) is 6.08. The predicted molar refractivity (Wildman–Crippen MR) is 68.8 cm³/mol. The lowest BCUT2D eigenvalue weighted by molar-refractivity contribution is -0.142. The molecule has 0 aromatic rings. The molecule has 17 heavy (non-hydrogen) atoms. The highest BCUT2D eigenvalue weighted by molar-refractivity contribution is 7.80. The van der Waals surface area contributed by atoms with Crippen molar-refractivity contribution >= 4 is 23.1 Å². The van der Waals surface area contributed by atoms with E-state index in [9.17, 15) is 4.79 Å². The number of ether oxygens (including phenoxy) is 1. The number of amides is 1. The molecule has 2 rings (SSSR count). The molecule has 5 nitrogen and oxygen atoms in total. The number of nitrogens with zero attached hydrogens (tertiary/aromatic N) is 2. The lowest BCUT2D eigenvalue weighted by atomic mass is 10.2. The average molecular weight is 257 g/mol. The maximum Gasteiger partial charge on any atom is 0.251 e. The van der Waals surface area contributed by atoms with Crippen LogP contribution in [-0.2, 0) is 9.53 Å². The Morgan fingerprint density at radius 3 is 2.59 bits per heavy atom. The molecule has 0 spiro atoms. The molecule has 1 atom stereocenters. The maximum absolute atomic E-state index is 12.1. The van der Waals surface area contributed by atoms with Gasteiger partial charge in [0, 0.05) is 39.3 Å². The van der Waals surface area contributed by atoms with Gasteiger partial charge >= 0.3 is 0 Å². The van der Waals surface area contributed by atoms with Crippen molar-refractivity contribution in [3.63, 3.8) is 0 Å². The van der Waals surface area contributed by atoms with E-state index >= 15 is 0 Å². The van der Waals surface area contributed by atoms with Gasteiger partial charge in [0.05, 0.1) is 4.99 Å². The molecular formula is C11H19N3O2S. The average Bonchev–Trinajstić information content (AvgIpc) is 2.82. The van der Waals surface area contributed by atoms with E-state index in [1.807, 2.05) is 4.90 Å². The zero-order chi connectivity index (χ0) is 12.3. The number of thiocarbonyl (C=S) groups is 1. The maximum atomic E-state index is 12.1. The van der Waals surface area contributed by atoms with Crippen LogP contribution in [0.4, 0.5) is 0 Å². The van der Waals surface area contributed by atoms with Crippen LogP contribution >= 0.6 is 12.2 Å². The normalized spacial score (nSPS) is 26.1. The summed E-state index contributed by atoms with van der Waals surface area (Å²) in [5, 5.41) is 0. The molecule has 0 bridgehead atoms. The van der Waals surface area contributed by atoms with Crippen LogP contribution in [0.5, 0.6) is 0 Å². The summed E-state index contributed by atoms with van der Waals surface area (Å²) >= 11 is 4.88. The number of carbonyl (C=O) groups excluding carboxylic acids is 1. The Kier molecular flexibility index (Phi) is 4.31. The molecule has 0 aliphatic carbocycles. The smallest absolute Gasteiger partial charge is 0.251 e. The minimum atomic E-state index is -0.197. The van der Waals surface area contributed by atoms with Gasteiger partial charge in [0.15, 0.2) is 0 Å². The summed E-state index contributed by atoms with van der Waals surface area (Å²) in [6.45, 7) is 4.56. The summed E-state index contributed by atoms with van der Waals surface area (Å²) < 4.78 is 5.41. The summed E-state index contributed by atoms with van der Waals surface area (Å²) in [5.41, 5.74) is 5.51. The number of hydrogen-bond donors (Lipinski definition) is 1. The molecule has 2 aliphatic heterocycles. The zero-order valence-electron chi connectivity index (χ0n) is 9.93. The first-order chi connectivity index (χ1) is 8.16. The third kappa shape index (κ3) is 3.37.